The SMILES string of the molecule is NC[C@@H]1CCN(C(=O)c2ccn(-c3cccc(C(F)(F)F)c3)n2)C1. The number of hydrogen-bond donors (Lipinski definition) is 1. The van der Waals surface area contributed by atoms with Crippen LogP contribution in [0.1, 0.15) is 22.5 Å². The topological polar surface area (TPSA) is 64.2 Å². The molecule has 0 saturated carbocycles. The maximum Gasteiger partial charge on any atom is 0.416 e. The van der Waals surface area contributed by atoms with Crippen molar-refractivity contribution in [1.29, 1.82) is 0 Å². The highest BCUT2D eigenvalue weighted by molar-refractivity contribution is 5.92. The molecule has 0 radical (unpaired) electrons. The second kappa shape index (κ2) is 6.27. The Morgan fingerprint density at radius 2 is 2.12 bits per heavy atom. The van der Waals surface area contributed by atoms with Gasteiger partial charge in [-0.2, -0.15) is 18.3 Å². The highest BCUT2D eigenvalue weighted by atomic mass is 19.4. The summed E-state index contributed by atoms with van der Waals surface area (Å²) < 4.78 is 39.6. The first-order valence-electron chi connectivity index (χ1n) is 7.61. The minimum Gasteiger partial charge on any atom is -0.337 e. The van der Waals surface area contributed by atoms with Crippen molar-refractivity contribution in [2.24, 2.45) is 11.7 Å². The van der Waals surface area contributed by atoms with E-state index in [2.05, 4.69) is 5.10 Å². The molecule has 5 nitrogen and oxygen atoms in total. The predicted molar refractivity (Wildman–Crippen MR) is 81.6 cm³/mol. The van der Waals surface area contributed by atoms with Gasteiger partial charge < -0.3 is 10.6 Å². The minimum atomic E-state index is -4.42. The van der Waals surface area contributed by atoms with Gasteiger partial charge in [0.1, 0.15) is 0 Å². The summed E-state index contributed by atoms with van der Waals surface area (Å²) in [7, 11) is 0. The lowest BCUT2D eigenvalue weighted by Gasteiger charge is -2.14. The highest BCUT2D eigenvalue weighted by Crippen LogP contribution is 2.30. The van der Waals surface area contributed by atoms with Crippen LogP contribution in [0.2, 0.25) is 0 Å². The van der Waals surface area contributed by atoms with Gasteiger partial charge in [0.05, 0.1) is 11.3 Å². The Hall–Kier alpha value is -2.35. The second-order valence-corrected chi connectivity index (χ2v) is 5.84. The fourth-order valence-corrected chi connectivity index (χ4v) is 2.78. The van der Waals surface area contributed by atoms with Crippen LogP contribution in [0.25, 0.3) is 5.69 Å². The lowest BCUT2D eigenvalue weighted by Crippen LogP contribution is -2.30. The van der Waals surface area contributed by atoms with Crippen molar-refractivity contribution < 1.29 is 18.0 Å². The zero-order valence-corrected chi connectivity index (χ0v) is 12.8. The van der Waals surface area contributed by atoms with Gasteiger partial charge in [0, 0.05) is 19.3 Å². The summed E-state index contributed by atoms with van der Waals surface area (Å²) in [5.41, 5.74) is 5.33. The van der Waals surface area contributed by atoms with Crippen molar-refractivity contribution >= 4 is 5.91 Å². The van der Waals surface area contributed by atoms with Gasteiger partial charge in [0.2, 0.25) is 0 Å². The van der Waals surface area contributed by atoms with E-state index in [-0.39, 0.29) is 17.3 Å². The summed E-state index contributed by atoms with van der Waals surface area (Å²) in [5, 5.41) is 4.13. The number of alkyl halides is 3. The molecule has 24 heavy (non-hydrogen) atoms. The molecule has 1 aliphatic rings. The number of rotatable bonds is 3. The Morgan fingerprint density at radius 1 is 1.33 bits per heavy atom. The molecule has 0 bridgehead atoms. The molecule has 1 aromatic heterocycles. The number of hydrogen-bond acceptors (Lipinski definition) is 3. The quantitative estimate of drug-likeness (QED) is 0.934. The number of nitrogens with two attached hydrogens (primary N) is 1. The zero-order chi connectivity index (χ0) is 17.3. The van der Waals surface area contributed by atoms with E-state index >= 15 is 0 Å². The lowest BCUT2D eigenvalue weighted by molar-refractivity contribution is -0.137. The number of amides is 1. The zero-order valence-electron chi connectivity index (χ0n) is 12.8. The third-order valence-electron chi connectivity index (χ3n) is 4.15. The number of nitrogens with zero attached hydrogens (tertiary/aromatic N) is 3. The Morgan fingerprint density at radius 3 is 2.79 bits per heavy atom. The van der Waals surface area contributed by atoms with Crippen molar-refractivity contribution in [3.8, 4) is 5.69 Å². The van der Waals surface area contributed by atoms with E-state index in [1.807, 2.05) is 0 Å². The van der Waals surface area contributed by atoms with Crippen LogP contribution in [0, 0.1) is 5.92 Å². The fraction of sp³-hybridized carbons (Fsp3) is 0.375. The molecule has 0 unspecified atom stereocenters. The first kappa shape index (κ1) is 16.5. The molecule has 3 rings (SSSR count). The number of likely N-dealkylation sites (tertiary alicyclic amines) is 1. The molecule has 2 heterocycles. The van der Waals surface area contributed by atoms with E-state index in [9.17, 15) is 18.0 Å². The Labute approximate surface area is 136 Å². The van der Waals surface area contributed by atoms with Crippen LogP contribution >= 0.6 is 0 Å². The molecule has 1 aliphatic heterocycles. The first-order valence-corrected chi connectivity index (χ1v) is 7.61. The van der Waals surface area contributed by atoms with Gasteiger partial charge in [-0.3, -0.25) is 4.79 Å². The summed E-state index contributed by atoms with van der Waals surface area (Å²) in [6, 6.07) is 6.33. The van der Waals surface area contributed by atoms with Crippen molar-refractivity contribution in [2.75, 3.05) is 19.6 Å². The summed E-state index contributed by atoms with van der Waals surface area (Å²) in [6.07, 6.45) is -2.08. The van der Waals surface area contributed by atoms with Crippen molar-refractivity contribution in [3.63, 3.8) is 0 Å². The van der Waals surface area contributed by atoms with Gasteiger partial charge in [-0.25, -0.2) is 4.68 Å². The van der Waals surface area contributed by atoms with E-state index < -0.39 is 11.7 Å². The number of benzene rings is 1. The van der Waals surface area contributed by atoms with Crippen molar-refractivity contribution in [1.82, 2.24) is 14.7 Å². The number of halogens is 3. The number of carbonyl (C=O) groups excluding carboxylic acids is 1. The summed E-state index contributed by atoms with van der Waals surface area (Å²) >= 11 is 0. The average molecular weight is 338 g/mol. The maximum absolute atomic E-state index is 12.8. The molecule has 1 amide bonds. The van der Waals surface area contributed by atoms with Crippen LogP contribution in [0.4, 0.5) is 13.2 Å². The van der Waals surface area contributed by atoms with Gasteiger partial charge in [-0.15, -0.1) is 0 Å². The third-order valence-corrected chi connectivity index (χ3v) is 4.15. The molecule has 1 aromatic carbocycles. The van der Waals surface area contributed by atoms with Crippen LogP contribution in [-0.2, 0) is 6.18 Å². The van der Waals surface area contributed by atoms with Gasteiger partial charge in [0.25, 0.3) is 5.91 Å². The second-order valence-electron chi connectivity index (χ2n) is 5.84. The highest BCUT2D eigenvalue weighted by Gasteiger charge is 2.31. The largest absolute Gasteiger partial charge is 0.416 e. The van der Waals surface area contributed by atoms with Crippen LogP contribution in [0.5, 0.6) is 0 Å². The summed E-state index contributed by atoms with van der Waals surface area (Å²) in [5.74, 6) is 0.0659. The van der Waals surface area contributed by atoms with Crippen LogP contribution in [0.3, 0.4) is 0 Å². The minimum absolute atomic E-state index is 0.213. The van der Waals surface area contributed by atoms with Crippen LogP contribution in [0.15, 0.2) is 36.5 Å². The Bertz CT molecular complexity index is 741. The van der Waals surface area contributed by atoms with Gasteiger partial charge in [0.15, 0.2) is 5.69 Å². The number of aromatic nitrogens is 2. The average Bonchev–Trinajstić information content (AvgIpc) is 3.23. The Kier molecular flexibility index (Phi) is 4.31. The van der Waals surface area contributed by atoms with E-state index in [0.29, 0.717) is 25.6 Å². The predicted octanol–water partition coefficient (Wildman–Crippen LogP) is 2.31. The molecule has 2 aromatic rings. The molecule has 1 fully saturated rings. The molecule has 2 N–H and O–H groups in total. The smallest absolute Gasteiger partial charge is 0.337 e. The van der Waals surface area contributed by atoms with Crippen LogP contribution < -0.4 is 5.73 Å². The number of carbonyl (C=O) groups is 1. The molecular formula is C16H17F3N4O. The van der Waals surface area contributed by atoms with Gasteiger partial charge >= 0.3 is 6.18 Å². The molecule has 128 valence electrons. The monoisotopic (exact) mass is 338 g/mol. The van der Waals surface area contributed by atoms with Gasteiger partial charge in [-0.1, -0.05) is 6.07 Å². The maximum atomic E-state index is 12.8. The van der Waals surface area contributed by atoms with E-state index in [4.69, 9.17) is 5.73 Å². The van der Waals surface area contributed by atoms with Crippen LogP contribution in [-0.4, -0.2) is 40.2 Å². The van der Waals surface area contributed by atoms with Crippen molar-refractivity contribution in [3.05, 3.63) is 47.8 Å². The molecular weight excluding hydrogens is 321 g/mol. The van der Waals surface area contributed by atoms with E-state index in [0.717, 1.165) is 18.6 Å². The molecule has 8 heteroatoms. The summed E-state index contributed by atoms with van der Waals surface area (Å²) in [4.78, 5) is 14.1. The third kappa shape index (κ3) is 3.28. The lowest BCUT2D eigenvalue weighted by atomic mass is 10.1. The molecule has 0 aliphatic carbocycles. The van der Waals surface area contributed by atoms with Gasteiger partial charge in [-0.05, 0) is 43.1 Å². The Balaban J connectivity index is 1.80. The molecule has 0 spiro atoms. The van der Waals surface area contributed by atoms with Crippen molar-refractivity contribution in [2.45, 2.75) is 12.6 Å². The first-order chi connectivity index (χ1) is 11.4. The summed E-state index contributed by atoms with van der Waals surface area (Å²) in [6.45, 7) is 1.74. The fourth-order valence-electron chi connectivity index (χ4n) is 2.78. The molecule has 1 atom stereocenters. The normalized spacial score (nSPS) is 18.2. The van der Waals surface area contributed by atoms with E-state index in [1.54, 1.807) is 4.90 Å². The molecule has 1 saturated heterocycles. The van der Waals surface area contributed by atoms with E-state index in [1.165, 1.54) is 29.1 Å². The standard InChI is InChI=1S/C16H17F3N4O/c17-16(18,19)12-2-1-3-13(8-12)23-7-5-14(21-23)15(24)22-6-4-11(9-20)10-22/h1-3,5,7-8,11H,4,6,9-10,20H2/t11-/m0/s1.